The van der Waals surface area contributed by atoms with E-state index in [1.807, 2.05) is 6.92 Å². The van der Waals surface area contributed by atoms with Crippen LogP contribution in [0.15, 0.2) is 6.33 Å². The van der Waals surface area contributed by atoms with Crippen molar-refractivity contribution in [2.75, 3.05) is 30.8 Å². The van der Waals surface area contributed by atoms with E-state index < -0.39 is 0 Å². The van der Waals surface area contributed by atoms with E-state index in [9.17, 15) is 4.79 Å². The number of hydrogen-bond acceptors (Lipinski definition) is 6. The number of carbonyl (C=O) groups excluding carboxylic acids is 1. The molecule has 0 atom stereocenters. The van der Waals surface area contributed by atoms with Gasteiger partial charge in [0, 0.05) is 18.7 Å². The van der Waals surface area contributed by atoms with Crippen LogP contribution in [0.5, 0.6) is 0 Å². The lowest BCUT2D eigenvalue weighted by Gasteiger charge is -2.11. The Kier molecular flexibility index (Phi) is 5.90. The molecular formula is C12H20N4O2. The number of ether oxygens (including phenoxy) is 1. The highest BCUT2D eigenvalue weighted by Gasteiger charge is 2.06. The van der Waals surface area contributed by atoms with Gasteiger partial charge in [-0.1, -0.05) is 6.92 Å². The fourth-order valence-corrected chi connectivity index (χ4v) is 1.44. The minimum atomic E-state index is -0.237. The number of esters is 1. The molecule has 0 aliphatic carbocycles. The van der Waals surface area contributed by atoms with Crippen LogP contribution in [0.3, 0.4) is 0 Å². The van der Waals surface area contributed by atoms with Gasteiger partial charge in [0.25, 0.3) is 0 Å². The van der Waals surface area contributed by atoms with Gasteiger partial charge in [0.2, 0.25) is 0 Å². The first-order valence-corrected chi connectivity index (χ1v) is 6.05. The molecule has 1 aromatic rings. The molecule has 0 amide bonds. The summed E-state index contributed by atoms with van der Waals surface area (Å²) in [4.78, 5) is 19.3. The van der Waals surface area contributed by atoms with Crippen molar-refractivity contribution in [2.24, 2.45) is 0 Å². The Labute approximate surface area is 107 Å². The van der Waals surface area contributed by atoms with Crippen molar-refractivity contribution in [3.8, 4) is 0 Å². The van der Waals surface area contributed by atoms with Crippen LogP contribution in [0.1, 0.15) is 25.3 Å². The number of carbonyl (C=O) groups is 1. The lowest BCUT2D eigenvalue weighted by atomic mass is 10.3. The summed E-state index contributed by atoms with van der Waals surface area (Å²) in [5, 5.41) is 6.33. The van der Waals surface area contributed by atoms with Crippen molar-refractivity contribution in [3.63, 3.8) is 0 Å². The van der Waals surface area contributed by atoms with Gasteiger partial charge in [-0.25, -0.2) is 9.97 Å². The second-order valence-electron chi connectivity index (χ2n) is 3.88. The molecule has 0 saturated carbocycles. The highest BCUT2D eigenvalue weighted by molar-refractivity contribution is 5.70. The van der Waals surface area contributed by atoms with E-state index in [-0.39, 0.29) is 5.97 Å². The molecule has 1 heterocycles. The quantitative estimate of drug-likeness (QED) is 0.718. The number of nitrogens with zero attached hydrogens (tertiary/aromatic N) is 2. The predicted molar refractivity (Wildman–Crippen MR) is 70.7 cm³/mol. The molecule has 1 rings (SSSR count). The summed E-state index contributed by atoms with van der Waals surface area (Å²) < 4.78 is 4.57. The Bertz CT molecular complexity index is 396. The number of anilines is 2. The molecule has 0 fully saturated rings. The van der Waals surface area contributed by atoms with Gasteiger partial charge in [0.05, 0.1) is 13.5 Å². The summed E-state index contributed by atoms with van der Waals surface area (Å²) in [5.41, 5.74) is 0.954. The molecule has 6 heteroatoms. The van der Waals surface area contributed by atoms with E-state index in [0.29, 0.717) is 13.0 Å². The van der Waals surface area contributed by atoms with E-state index in [2.05, 4.69) is 32.3 Å². The minimum absolute atomic E-state index is 0.237. The summed E-state index contributed by atoms with van der Waals surface area (Å²) in [5.74, 6) is 1.33. The largest absolute Gasteiger partial charge is 0.469 e. The van der Waals surface area contributed by atoms with Gasteiger partial charge in [0.15, 0.2) is 0 Å². The first-order chi connectivity index (χ1) is 8.69. The van der Waals surface area contributed by atoms with Crippen molar-refractivity contribution < 1.29 is 9.53 Å². The molecular weight excluding hydrogens is 232 g/mol. The Morgan fingerprint density at radius 3 is 2.44 bits per heavy atom. The monoisotopic (exact) mass is 252 g/mol. The summed E-state index contributed by atoms with van der Waals surface area (Å²) in [6, 6.07) is 0. The first kappa shape index (κ1) is 14.2. The molecule has 0 spiro atoms. The number of methoxy groups -OCH3 is 1. The summed E-state index contributed by atoms with van der Waals surface area (Å²) in [6.45, 7) is 5.41. The molecule has 0 aliphatic heterocycles. The number of aromatic nitrogens is 2. The highest BCUT2D eigenvalue weighted by Crippen LogP contribution is 2.17. The van der Waals surface area contributed by atoms with Crippen LogP contribution in [-0.2, 0) is 9.53 Å². The minimum Gasteiger partial charge on any atom is -0.469 e. The average molecular weight is 252 g/mol. The molecule has 100 valence electrons. The van der Waals surface area contributed by atoms with Gasteiger partial charge in [-0.05, 0) is 13.3 Å². The Morgan fingerprint density at radius 1 is 1.28 bits per heavy atom. The van der Waals surface area contributed by atoms with Gasteiger partial charge in [-0.15, -0.1) is 0 Å². The van der Waals surface area contributed by atoms with Gasteiger partial charge in [-0.3, -0.25) is 4.79 Å². The number of nitrogens with one attached hydrogen (secondary N) is 2. The van der Waals surface area contributed by atoms with E-state index in [1.54, 1.807) is 0 Å². The van der Waals surface area contributed by atoms with Crippen LogP contribution in [0, 0.1) is 6.92 Å². The molecule has 18 heavy (non-hydrogen) atoms. The Hall–Kier alpha value is -1.85. The summed E-state index contributed by atoms with van der Waals surface area (Å²) >= 11 is 0. The van der Waals surface area contributed by atoms with Gasteiger partial charge in [0.1, 0.15) is 18.0 Å². The maximum absolute atomic E-state index is 11.0. The van der Waals surface area contributed by atoms with E-state index in [0.717, 1.165) is 30.2 Å². The van der Waals surface area contributed by atoms with Crippen LogP contribution in [0.2, 0.25) is 0 Å². The third-order valence-electron chi connectivity index (χ3n) is 2.48. The van der Waals surface area contributed by atoms with E-state index in [1.165, 1.54) is 13.4 Å². The fraction of sp³-hybridized carbons (Fsp3) is 0.583. The van der Waals surface area contributed by atoms with Crippen LogP contribution in [0.25, 0.3) is 0 Å². The predicted octanol–water partition coefficient (Wildman–Crippen LogP) is 1.58. The lowest BCUT2D eigenvalue weighted by molar-refractivity contribution is -0.140. The van der Waals surface area contributed by atoms with Crippen molar-refractivity contribution in [1.29, 1.82) is 0 Å². The van der Waals surface area contributed by atoms with E-state index in [4.69, 9.17) is 0 Å². The molecule has 1 aromatic heterocycles. The Balaban J connectivity index is 2.57. The molecule has 0 saturated heterocycles. The summed E-state index contributed by atoms with van der Waals surface area (Å²) in [6.07, 6.45) is 2.86. The second-order valence-corrected chi connectivity index (χ2v) is 3.88. The molecule has 0 radical (unpaired) electrons. The topological polar surface area (TPSA) is 76.1 Å². The molecule has 6 nitrogen and oxygen atoms in total. The normalized spacial score (nSPS) is 9.94. The van der Waals surface area contributed by atoms with Crippen LogP contribution >= 0.6 is 0 Å². The van der Waals surface area contributed by atoms with Crippen LogP contribution in [0.4, 0.5) is 11.6 Å². The van der Waals surface area contributed by atoms with Gasteiger partial charge >= 0.3 is 5.97 Å². The third kappa shape index (κ3) is 4.20. The van der Waals surface area contributed by atoms with Gasteiger partial charge < -0.3 is 15.4 Å². The highest BCUT2D eigenvalue weighted by atomic mass is 16.5. The lowest BCUT2D eigenvalue weighted by Crippen LogP contribution is -2.13. The molecule has 0 aromatic carbocycles. The third-order valence-corrected chi connectivity index (χ3v) is 2.48. The van der Waals surface area contributed by atoms with Crippen molar-refractivity contribution >= 4 is 17.6 Å². The van der Waals surface area contributed by atoms with Crippen LogP contribution < -0.4 is 10.6 Å². The van der Waals surface area contributed by atoms with Crippen molar-refractivity contribution in [2.45, 2.75) is 26.7 Å². The number of hydrogen-bond donors (Lipinski definition) is 2. The first-order valence-electron chi connectivity index (χ1n) is 6.05. The second kappa shape index (κ2) is 7.47. The zero-order chi connectivity index (χ0) is 13.4. The number of rotatable bonds is 7. The van der Waals surface area contributed by atoms with Crippen LogP contribution in [-0.4, -0.2) is 36.1 Å². The molecule has 2 N–H and O–H groups in total. The fourth-order valence-electron chi connectivity index (χ4n) is 1.44. The molecule has 0 unspecified atom stereocenters. The summed E-state index contributed by atoms with van der Waals surface area (Å²) in [7, 11) is 1.38. The molecule has 0 aliphatic rings. The SMILES string of the molecule is CCCNc1ncnc(NCCC(=O)OC)c1C. The zero-order valence-corrected chi connectivity index (χ0v) is 11.1. The van der Waals surface area contributed by atoms with E-state index >= 15 is 0 Å². The maximum atomic E-state index is 11.0. The standard InChI is InChI=1S/C12H20N4O2/c1-4-6-13-11-9(2)12(16-8-15-11)14-7-5-10(17)18-3/h8H,4-7H2,1-3H3,(H2,13,14,15,16). The van der Waals surface area contributed by atoms with Crippen molar-refractivity contribution in [3.05, 3.63) is 11.9 Å². The van der Waals surface area contributed by atoms with Crippen molar-refractivity contribution in [1.82, 2.24) is 9.97 Å². The Morgan fingerprint density at radius 2 is 1.89 bits per heavy atom. The maximum Gasteiger partial charge on any atom is 0.307 e. The average Bonchev–Trinajstić information content (AvgIpc) is 2.39. The zero-order valence-electron chi connectivity index (χ0n) is 11.1. The van der Waals surface area contributed by atoms with Gasteiger partial charge in [-0.2, -0.15) is 0 Å². The molecule has 0 bridgehead atoms. The smallest absolute Gasteiger partial charge is 0.307 e.